The third-order valence-electron chi connectivity index (χ3n) is 5.79. The Balaban J connectivity index is 1.44. The Morgan fingerprint density at radius 3 is 2.46 bits per heavy atom. The number of amides is 1. The number of likely N-dealkylation sites (tertiary alicyclic amines) is 1. The molecule has 3 heterocycles. The lowest BCUT2D eigenvalue weighted by atomic mass is 9.86. The molecule has 0 radical (unpaired) electrons. The van der Waals surface area contributed by atoms with Gasteiger partial charge in [0.2, 0.25) is 11.9 Å². The van der Waals surface area contributed by atoms with Crippen LogP contribution in [0.4, 0.5) is 5.95 Å². The number of carbonyl (C=O) groups is 1. The molecule has 130 valence electrons. The maximum absolute atomic E-state index is 12.9. The largest absolute Gasteiger partial charge is 0.342 e. The van der Waals surface area contributed by atoms with Gasteiger partial charge >= 0.3 is 0 Å². The summed E-state index contributed by atoms with van der Waals surface area (Å²) in [5.74, 6) is 1.39. The van der Waals surface area contributed by atoms with Crippen molar-refractivity contribution >= 4 is 11.9 Å². The molecule has 2 fully saturated rings. The predicted molar refractivity (Wildman–Crippen MR) is 94.0 cm³/mol. The number of fused-ring (bicyclic) bond motifs is 1. The summed E-state index contributed by atoms with van der Waals surface area (Å²) in [4.78, 5) is 26.7. The summed E-state index contributed by atoms with van der Waals surface area (Å²) in [5, 5.41) is 0. The molecule has 2 aliphatic heterocycles. The molecule has 1 amide bonds. The van der Waals surface area contributed by atoms with E-state index in [1.165, 1.54) is 36.9 Å². The Labute approximate surface area is 144 Å². The number of hydrogen-bond acceptors (Lipinski definition) is 4. The highest BCUT2D eigenvalue weighted by Gasteiger charge is 2.30. The molecule has 5 nitrogen and oxygen atoms in total. The third kappa shape index (κ3) is 3.26. The molecule has 3 aliphatic rings. The zero-order valence-corrected chi connectivity index (χ0v) is 14.5. The maximum atomic E-state index is 12.9. The lowest BCUT2D eigenvalue weighted by Gasteiger charge is -2.29. The van der Waals surface area contributed by atoms with Gasteiger partial charge in [-0.3, -0.25) is 4.79 Å². The Hall–Kier alpha value is -1.65. The molecule has 0 saturated carbocycles. The second kappa shape index (κ2) is 7.08. The Kier molecular flexibility index (Phi) is 4.67. The van der Waals surface area contributed by atoms with Gasteiger partial charge < -0.3 is 9.80 Å². The molecule has 1 unspecified atom stereocenters. The van der Waals surface area contributed by atoms with E-state index in [9.17, 15) is 4.79 Å². The SMILES string of the molecule is O=C(C1CCc2nc(N3CCCC3)ncc2C1)N1CCCCCC1. The van der Waals surface area contributed by atoms with Crippen LogP contribution in [0.15, 0.2) is 6.20 Å². The number of aromatic nitrogens is 2. The van der Waals surface area contributed by atoms with Gasteiger partial charge in [-0.05, 0) is 50.5 Å². The highest BCUT2D eigenvalue weighted by Crippen LogP contribution is 2.28. The second-order valence-corrected chi connectivity index (χ2v) is 7.52. The van der Waals surface area contributed by atoms with Crippen molar-refractivity contribution in [2.75, 3.05) is 31.1 Å². The van der Waals surface area contributed by atoms with Gasteiger partial charge in [0, 0.05) is 44.0 Å². The quantitative estimate of drug-likeness (QED) is 0.837. The molecule has 0 aromatic carbocycles. The van der Waals surface area contributed by atoms with Crippen LogP contribution < -0.4 is 4.90 Å². The first-order valence-electron chi connectivity index (χ1n) is 9.70. The van der Waals surface area contributed by atoms with Gasteiger partial charge in [-0.2, -0.15) is 0 Å². The van der Waals surface area contributed by atoms with Crippen molar-refractivity contribution in [2.45, 2.75) is 57.8 Å². The van der Waals surface area contributed by atoms with Gasteiger partial charge in [-0.1, -0.05) is 12.8 Å². The van der Waals surface area contributed by atoms with E-state index in [0.717, 1.165) is 64.2 Å². The highest BCUT2D eigenvalue weighted by molar-refractivity contribution is 5.79. The van der Waals surface area contributed by atoms with Crippen molar-refractivity contribution in [2.24, 2.45) is 5.92 Å². The first-order chi connectivity index (χ1) is 11.8. The minimum atomic E-state index is 0.136. The normalized spacial score (nSPS) is 24.6. The van der Waals surface area contributed by atoms with Crippen LogP contribution in [0.25, 0.3) is 0 Å². The maximum Gasteiger partial charge on any atom is 0.226 e. The number of hydrogen-bond donors (Lipinski definition) is 0. The Morgan fingerprint density at radius 1 is 1.00 bits per heavy atom. The molecule has 2 saturated heterocycles. The molecule has 0 spiro atoms. The fraction of sp³-hybridized carbons (Fsp3) is 0.737. The topological polar surface area (TPSA) is 49.3 Å². The highest BCUT2D eigenvalue weighted by atomic mass is 16.2. The van der Waals surface area contributed by atoms with Crippen LogP contribution in [0.1, 0.15) is 56.2 Å². The van der Waals surface area contributed by atoms with Crippen LogP contribution >= 0.6 is 0 Å². The van der Waals surface area contributed by atoms with E-state index in [0.29, 0.717) is 5.91 Å². The van der Waals surface area contributed by atoms with Gasteiger partial charge in [0.05, 0.1) is 0 Å². The van der Waals surface area contributed by atoms with Gasteiger partial charge in [0.1, 0.15) is 0 Å². The fourth-order valence-electron chi connectivity index (χ4n) is 4.33. The minimum absolute atomic E-state index is 0.136. The summed E-state index contributed by atoms with van der Waals surface area (Å²) in [6.07, 6.45) is 12.0. The first-order valence-corrected chi connectivity index (χ1v) is 9.70. The van der Waals surface area contributed by atoms with E-state index >= 15 is 0 Å². The van der Waals surface area contributed by atoms with E-state index in [1.807, 2.05) is 6.20 Å². The zero-order chi connectivity index (χ0) is 16.4. The summed E-state index contributed by atoms with van der Waals surface area (Å²) in [6, 6.07) is 0. The third-order valence-corrected chi connectivity index (χ3v) is 5.79. The van der Waals surface area contributed by atoms with Crippen LogP contribution in [-0.4, -0.2) is 47.0 Å². The van der Waals surface area contributed by atoms with Crippen LogP contribution in [0.3, 0.4) is 0 Å². The number of nitrogens with zero attached hydrogens (tertiary/aromatic N) is 4. The zero-order valence-electron chi connectivity index (χ0n) is 14.5. The summed E-state index contributed by atoms with van der Waals surface area (Å²) >= 11 is 0. The van der Waals surface area contributed by atoms with Crippen LogP contribution in [0, 0.1) is 5.92 Å². The lowest BCUT2D eigenvalue weighted by molar-refractivity contribution is -0.135. The molecule has 0 bridgehead atoms. The van der Waals surface area contributed by atoms with Crippen LogP contribution in [0.5, 0.6) is 0 Å². The number of rotatable bonds is 2. The van der Waals surface area contributed by atoms with Crippen molar-refractivity contribution < 1.29 is 4.79 Å². The van der Waals surface area contributed by atoms with Crippen molar-refractivity contribution in [3.05, 3.63) is 17.5 Å². The molecule has 1 aliphatic carbocycles. The molecule has 5 heteroatoms. The number of anilines is 1. The average Bonchev–Trinajstić information content (AvgIpc) is 3.03. The van der Waals surface area contributed by atoms with Crippen molar-refractivity contribution in [3.8, 4) is 0 Å². The summed E-state index contributed by atoms with van der Waals surface area (Å²) in [7, 11) is 0. The molecule has 4 rings (SSSR count). The van der Waals surface area contributed by atoms with Crippen LogP contribution in [0.2, 0.25) is 0 Å². The monoisotopic (exact) mass is 328 g/mol. The van der Waals surface area contributed by atoms with Gasteiger partial charge in [0.15, 0.2) is 0 Å². The molecule has 1 atom stereocenters. The molecule has 24 heavy (non-hydrogen) atoms. The Morgan fingerprint density at radius 2 is 1.71 bits per heavy atom. The minimum Gasteiger partial charge on any atom is -0.342 e. The van der Waals surface area contributed by atoms with E-state index in [4.69, 9.17) is 4.98 Å². The van der Waals surface area contributed by atoms with Gasteiger partial charge in [-0.15, -0.1) is 0 Å². The summed E-state index contributed by atoms with van der Waals surface area (Å²) in [5.41, 5.74) is 2.36. The van der Waals surface area contributed by atoms with Gasteiger partial charge in [-0.25, -0.2) is 9.97 Å². The smallest absolute Gasteiger partial charge is 0.226 e. The second-order valence-electron chi connectivity index (χ2n) is 7.52. The van der Waals surface area contributed by atoms with E-state index < -0.39 is 0 Å². The average molecular weight is 328 g/mol. The Bertz CT molecular complexity index is 589. The van der Waals surface area contributed by atoms with E-state index in [-0.39, 0.29) is 5.92 Å². The summed E-state index contributed by atoms with van der Waals surface area (Å²) < 4.78 is 0. The predicted octanol–water partition coefficient (Wildman–Crippen LogP) is 2.58. The molecule has 0 N–H and O–H groups in total. The van der Waals surface area contributed by atoms with Crippen molar-refractivity contribution in [3.63, 3.8) is 0 Å². The van der Waals surface area contributed by atoms with E-state index in [2.05, 4.69) is 14.8 Å². The standard InChI is InChI=1S/C19H28N4O/c24-18(22-9-3-1-2-4-10-22)15-7-8-17-16(13-15)14-20-19(21-17)23-11-5-6-12-23/h14-15H,1-13H2. The fourth-order valence-corrected chi connectivity index (χ4v) is 4.33. The van der Waals surface area contributed by atoms with E-state index in [1.54, 1.807) is 0 Å². The molecular formula is C19H28N4O. The number of aryl methyl sites for hydroxylation is 1. The molecular weight excluding hydrogens is 300 g/mol. The first kappa shape index (κ1) is 15.9. The number of carbonyl (C=O) groups excluding carboxylic acids is 1. The van der Waals surface area contributed by atoms with Crippen LogP contribution in [-0.2, 0) is 17.6 Å². The van der Waals surface area contributed by atoms with Crippen molar-refractivity contribution in [1.82, 2.24) is 14.9 Å². The lowest BCUT2D eigenvalue weighted by Crippen LogP contribution is -2.39. The van der Waals surface area contributed by atoms with Crippen molar-refractivity contribution in [1.29, 1.82) is 0 Å². The summed E-state index contributed by atoms with van der Waals surface area (Å²) in [6.45, 7) is 4.06. The van der Waals surface area contributed by atoms with Gasteiger partial charge in [0.25, 0.3) is 0 Å². The molecule has 1 aromatic heterocycles. The molecule has 1 aromatic rings.